The van der Waals surface area contributed by atoms with E-state index in [0.29, 0.717) is 36.7 Å². The number of nitrogens with zero attached hydrogens (tertiary/aromatic N) is 3. The van der Waals surface area contributed by atoms with E-state index in [4.69, 9.17) is 4.74 Å². The zero-order valence-electron chi connectivity index (χ0n) is 18.5. The summed E-state index contributed by atoms with van der Waals surface area (Å²) in [6.45, 7) is 3.30. The maximum absolute atomic E-state index is 12.7. The smallest absolute Gasteiger partial charge is 0.335 e. The van der Waals surface area contributed by atoms with Crippen molar-refractivity contribution < 1.29 is 23.1 Å². The number of rotatable bonds is 9. The second kappa shape index (κ2) is 9.92. The third-order valence-corrected chi connectivity index (χ3v) is 6.65. The van der Waals surface area contributed by atoms with Crippen molar-refractivity contribution >= 4 is 21.7 Å². The molecule has 1 atom stereocenters. The van der Waals surface area contributed by atoms with Crippen LogP contribution in [0.3, 0.4) is 0 Å². The molecule has 0 saturated heterocycles. The van der Waals surface area contributed by atoms with Crippen LogP contribution in [-0.4, -0.2) is 43.7 Å². The molecule has 4 rings (SSSR count). The maximum Gasteiger partial charge on any atom is 0.335 e. The molecular formula is C24H24N4O5S. The van der Waals surface area contributed by atoms with E-state index >= 15 is 0 Å². The molecule has 1 unspecified atom stereocenters. The number of carboxylic acids is 1. The van der Waals surface area contributed by atoms with Gasteiger partial charge in [-0.2, -0.15) is 5.11 Å². The normalized spacial score (nSPS) is 15.3. The molecule has 1 aliphatic rings. The van der Waals surface area contributed by atoms with E-state index in [1.807, 2.05) is 35.3 Å². The van der Waals surface area contributed by atoms with Crippen molar-refractivity contribution in [1.82, 2.24) is 5.01 Å². The highest BCUT2D eigenvalue weighted by atomic mass is 32.2. The SMILES string of the molecule is Cc1ccc(S(=O)(=O)Nc2ccc(OCC3CN(Cc4ccccc4)N=N3)cc2)cc1C(=O)O. The summed E-state index contributed by atoms with van der Waals surface area (Å²) >= 11 is 0. The van der Waals surface area contributed by atoms with Crippen LogP contribution >= 0.6 is 0 Å². The Kier molecular flexibility index (Phi) is 6.78. The number of carbonyl (C=O) groups is 1. The van der Waals surface area contributed by atoms with E-state index in [0.717, 1.165) is 11.6 Å². The van der Waals surface area contributed by atoms with Crippen LogP contribution in [0.25, 0.3) is 0 Å². The number of aromatic carboxylic acids is 1. The molecule has 0 aromatic heterocycles. The number of carboxylic acid groups (broad SMARTS) is 1. The molecule has 0 amide bonds. The van der Waals surface area contributed by atoms with Crippen molar-refractivity contribution in [3.63, 3.8) is 0 Å². The summed E-state index contributed by atoms with van der Waals surface area (Å²) in [5.41, 5.74) is 1.92. The fraction of sp³-hybridized carbons (Fsp3) is 0.208. The Morgan fingerprint density at radius 3 is 2.56 bits per heavy atom. The molecule has 0 spiro atoms. The number of aryl methyl sites for hydroxylation is 1. The first-order chi connectivity index (χ1) is 16.3. The van der Waals surface area contributed by atoms with Gasteiger partial charge in [0.1, 0.15) is 18.4 Å². The summed E-state index contributed by atoms with van der Waals surface area (Å²) < 4.78 is 33.6. The highest BCUT2D eigenvalue weighted by molar-refractivity contribution is 7.92. The molecule has 9 nitrogen and oxygen atoms in total. The third-order valence-electron chi connectivity index (χ3n) is 5.27. The molecule has 2 N–H and O–H groups in total. The van der Waals surface area contributed by atoms with Crippen LogP contribution in [-0.2, 0) is 16.6 Å². The minimum atomic E-state index is -3.94. The molecule has 176 valence electrons. The van der Waals surface area contributed by atoms with Gasteiger partial charge in [-0.15, -0.1) is 0 Å². The highest BCUT2D eigenvalue weighted by Gasteiger charge is 2.21. The highest BCUT2D eigenvalue weighted by Crippen LogP contribution is 2.22. The minimum absolute atomic E-state index is 0.0574. The van der Waals surface area contributed by atoms with Gasteiger partial charge in [-0.25, -0.2) is 13.2 Å². The van der Waals surface area contributed by atoms with Gasteiger partial charge >= 0.3 is 5.97 Å². The first-order valence-electron chi connectivity index (χ1n) is 10.6. The topological polar surface area (TPSA) is 121 Å². The summed E-state index contributed by atoms with van der Waals surface area (Å²) in [4.78, 5) is 11.2. The van der Waals surface area contributed by atoms with Crippen molar-refractivity contribution in [3.05, 3.63) is 89.5 Å². The maximum atomic E-state index is 12.7. The third kappa shape index (κ3) is 5.70. The molecule has 1 heterocycles. The van der Waals surface area contributed by atoms with Crippen LogP contribution in [0.4, 0.5) is 5.69 Å². The van der Waals surface area contributed by atoms with Crippen LogP contribution in [0, 0.1) is 6.92 Å². The van der Waals surface area contributed by atoms with Gasteiger partial charge in [-0.1, -0.05) is 41.6 Å². The number of benzene rings is 3. The number of hydrogen-bond acceptors (Lipinski definition) is 7. The lowest BCUT2D eigenvalue weighted by Gasteiger charge is -2.14. The lowest BCUT2D eigenvalue weighted by molar-refractivity contribution is 0.0696. The fourth-order valence-electron chi connectivity index (χ4n) is 3.46. The van der Waals surface area contributed by atoms with Crippen molar-refractivity contribution in [1.29, 1.82) is 0 Å². The van der Waals surface area contributed by atoms with Crippen LogP contribution in [0.15, 0.2) is 88.0 Å². The van der Waals surface area contributed by atoms with Gasteiger partial charge in [-0.05, 0) is 54.4 Å². The molecule has 0 aliphatic carbocycles. The zero-order chi connectivity index (χ0) is 24.1. The largest absolute Gasteiger partial charge is 0.491 e. The van der Waals surface area contributed by atoms with E-state index in [2.05, 4.69) is 15.1 Å². The first kappa shape index (κ1) is 23.2. The lowest BCUT2D eigenvalue weighted by atomic mass is 10.1. The first-order valence-corrected chi connectivity index (χ1v) is 12.1. The van der Waals surface area contributed by atoms with Crippen LogP contribution < -0.4 is 9.46 Å². The Morgan fingerprint density at radius 1 is 1.12 bits per heavy atom. The molecule has 0 radical (unpaired) electrons. The van der Waals surface area contributed by atoms with Crippen LogP contribution in [0.2, 0.25) is 0 Å². The van der Waals surface area contributed by atoms with E-state index in [9.17, 15) is 18.3 Å². The summed E-state index contributed by atoms with van der Waals surface area (Å²) in [6, 6.07) is 20.4. The quantitative estimate of drug-likeness (QED) is 0.475. The van der Waals surface area contributed by atoms with Crippen molar-refractivity contribution in [2.24, 2.45) is 10.3 Å². The molecule has 1 aliphatic heterocycles. The fourth-order valence-corrected chi connectivity index (χ4v) is 4.55. The molecule has 3 aromatic rings. The van der Waals surface area contributed by atoms with E-state index in [1.165, 1.54) is 12.1 Å². The van der Waals surface area contributed by atoms with Crippen molar-refractivity contribution in [2.45, 2.75) is 24.4 Å². The van der Waals surface area contributed by atoms with Gasteiger partial charge in [0, 0.05) is 5.69 Å². The molecule has 3 aromatic carbocycles. The Balaban J connectivity index is 1.31. The Morgan fingerprint density at radius 2 is 1.85 bits per heavy atom. The van der Waals surface area contributed by atoms with Crippen molar-refractivity contribution in [3.8, 4) is 5.75 Å². The van der Waals surface area contributed by atoms with Gasteiger partial charge in [0.05, 0.1) is 23.5 Å². The molecule has 0 fully saturated rings. The van der Waals surface area contributed by atoms with Crippen LogP contribution in [0.5, 0.6) is 5.75 Å². The summed E-state index contributed by atoms with van der Waals surface area (Å²) in [5.74, 6) is -0.607. The predicted octanol–water partition coefficient (Wildman–Crippen LogP) is 4.12. The number of nitrogens with one attached hydrogen (secondary N) is 1. The Labute approximate surface area is 197 Å². The van der Waals surface area contributed by atoms with E-state index in [1.54, 1.807) is 31.2 Å². The van der Waals surface area contributed by atoms with E-state index in [-0.39, 0.29) is 16.5 Å². The molecule has 0 bridgehead atoms. The summed E-state index contributed by atoms with van der Waals surface area (Å²) in [6.07, 6.45) is 0. The molecular weight excluding hydrogens is 456 g/mol. The van der Waals surface area contributed by atoms with Gasteiger partial charge < -0.3 is 9.84 Å². The standard InChI is InChI=1S/C24H24N4O5S/c1-17-7-12-22(13-23(17)24(29)30)34(31,32)26-19-8-10-21(11-9-19)33-16-20-15-28(27-25-20)14-18-5-3-2-4-6-18/h2-13,20,26H,14-16H2,1H3,(H,29,30). The van der Waals surface area contributed by atoms with Gasteiger partial charge in [-0.3, -0.25) is 9.73 Å². The molecule has 34 heavy (non-hydrogen) atoms. The predicted molar refractivity (Wildman–Crippen MR) is 126 cm³/mol. The average molecular weight is 481 g/mol. The minimum Gasteiger partial charge on any atom is -0.491 e. The molecule has 0 saturated carbocycles. The van der Waals surface area contributed by atoms with Crippen molar-refractivity contribution in [2.75, 3.05) is 17.9 Å². The summed E-state index contributed by atoms with van der Waals surface area (Å²) in [7, 11) is -3.94. The number of ether oxygens (including phenoxy) is 1. The second-order valence-electron chi connectivity index (χ2n) is 7.91. The van der Waals surface area contributed by atoms with Crippen LogP contribution in [0.1, 0.15) is 21.5 Å². The number of sulfonamides is 1. The average Bonchev–Trinajstić information content (AvgIpc) is 3.26. The molecule has 10 heteroatoms. The zero-order valence-corrected chi connectivity index (χ0v) is 19.3. The second-order valence-corrected chi connectivity index (χ2v) is 9.60. The van der Waals surface area contributed by atoms with E-state index < -0.39 is 16.0 Å². The number of anilines is 1. The van der Waals surface area contributed by atoms with Gasteiger partial charge in [0.2, 0.25) is 0 Å². The summed E-state index contributed by atoms with van der Waals surface area (Å²) in [5, 5.41) is 19.6. The lowest BCUT2D eigenvalue weighted by Crippen LogP contribution is -2.25. The van der Waals surface area contributed by atoms with Gasteiger partial charge in [0.25, 0.3) is 10.0 Å². The Hall–Kier alpha value is -3.92. The number of hydrogen-bond donors (Lipinski definition) is 2. The Bertz CT molecular complexity index is 1290. The van der Waals surface area contributed by atoms with Gasteiger partial charge in [0.15, 0.2) is 0 Å². The monoisotopic (exact) mass is 480 g/mol.